The Labute approximate surface area is 150 Å². The van der Waals surface area contributed by atoms with Crippen molar-refractivity contribution in [3.8, 4) is 0 Å². The number of hydrogen-bond acceptors (Lipinski definition) is 4. The summed E-state index contributed by atoms with van der Waals surface area (Å²) < 4.78 is 0. The average Bonchev–Trinajstić information content (AvgIpc) is 2.83. The number of carbonyl (C=O) groups excluding carboxylic acids is 1. The van der Waals surface area contributed by atoms with Gasteiger partial charge in [0.2, 0.25) is 5.91 Å². The van der Waals surface area contributed by atoms with E-state index in [1.165, 1.54) is 37.9 Å². The van der Waals surface area contributed by atoms with Crippen LogP contribution in [0, 0.1) is 5.92 Å². The molecule has 1 aromatic carbocycles. The van der Waals surface area contributed by atoms with Gasteiger partial charge in [-0.2, -0.15) is 0 Å². The first kappa shape index (κ1) is 18.4. The van der Waals surface area contributed by atoms with E-state index in [4.69, 9.17) is 5.73 Å². The number of anilines is 1. The molecule has 5 nitrogen and oxygen atoms in total. The third-order valence-corrected chi connectivity index (χ3v) is 5.32. The van der Waals surface area contributed by atoms with Gasteiger partial charge in [-0.15, -0.1) is 0 Å². The van der Waals surface area contributed by atoms with Gasteiger partial charge >= 0.3 is 0 Å². The van der Waals surface area contributed by atoms with E-state index in [1.807, 2.05) is 12.1 Å². The minimum Gasteiger partial charge on any atom is -0.390 e. The Morgan fingerprint density at radius 2 is 1.80 bits per heavy atom. The quantitative estimate of drug-likeness (QED) is 0.858. The Balaban J connectivity index is 1.64. The van der Waals surface area contributed by atoms with Crippen LogP contribution in [0.1, 0.15) is 45.1 Å². The number of aliphatic hydroxyl groups is 1. The molecular weight excluding hydrogens is 314 g/mol. The first-order valence-corrected chi connectivity index (χ1v) is 9.44. The fourth-order valence-corrected chi connectivity index (χ4v) is 3.98. The summed E-state index contributed by atoms with van der Waals surface area (Å²) in [7, 11) is 0. The lowest BCUT2D eigenvalue weighted by molar-refractivity contribution is -0.122. The summed E-state index contributed by atoms with van der Waals surface area (Å²) >= 11 is 0. The molecule has 2 aliphatic heterocycles. The Kier molecular flexibility index (Phi) is 5.46. The van der Waals surface area contributed by atoms with Crippen LogP contribution in [-0.2, 0) is 11.3 Å². The highest BCUT2D eigenvalue weighted by atomic mass is 16.3. The van der Waals surface area contributed by atoms with Gasteiger partial charge in [-0.1, -0.05) is 18.6 Å². The SMILES string of the molecule is CC(C)(O)CC1C(=O)N(c2ccc(CN3CCCCC3)cc2)C[C@@H]1N. The number of nitrogens with zero attached hydrogens (tertiary/aromatic N) is 2. The number of likely N-dealkylation sites (tertiary alicyclic amines) is 1. The van der Waals surface area contributed by atoms with Crippen LogP contribution >= 0.6 is 0 Å². The molecule has 2 saturated heterocycles. The van der Waals surface area contributed by atoms with E-state index >= 15 is 0 Å². The van der Waals surface area contributed by atoms with Crippen LogP contribution in [0.25, 0.3) is 0 Å². The van der Waals surface area contributed by atoms with Crippen molar-refractivity contribution in [2.45, 2.75) is 57.7 Å². The lowest BCUT2D eigenvalue weighted by atomic mass is 9.90. The molecule has 0 spiro atoms. The van der Waals surface area contributed by atoms with E-state index in [2.05, 4.69) is 17.0 Å². The summed E-state index contributed by atoms with van der Waals surface area (Å²) in [5.74, 6) is -0.286. The topological polar surface area (TPSA) is 69.8 Å². The number of carbonyl (C=O) groups is 1. The molecule has 0 aliphatic carbocycles. The molecule has 0 radical (unpaired) electrons. The summed E-state index contributed by atoms with van der Waals surface area (Å²) in [5, 5.41) is 10.0. The summed E-state index contributed by atoms with van der Waals surface area (Å²) in [6.07, 6.45) is 4.33. The molecule has 1 aromatic rings. The van der Waals surface area contributed by atoms with Crippen LogP contribution in [0.15, 0.2) is 24.3 Å². The van der Waals surface area contributed by atoms with Gasteiger partial charge < -0.3 is 15.7 Å². The number of benzene rings is 1. The molecule has 2 heterocycles. The monoisotopic (exact) mass is 345 g/mol. The minimum atomic E-state index is -0.883. The highest BCUT2D eigenvalue weighted by molar-refractivity contribution is 5.98. The van der Waals surface area contributed by atoms with Crippen LogP contribution in [-0.4, -0.2) is 47.2 Å². The Hall–Kier alpha value is -1.43. The lowest BCUT2D eigenvalue weighted by Crippen LogP contribution is -2.36. The molecule has 1 amide bonds. The van der Waals surface area contributed by atoms with Gasteiger partial charge in [-0.25, -0.2) is 0 Å². The zero-order valence-corrected chi connectivity index (χ0v) is 15.4. The number of nitrogens with two attached hydrogens (primary N) is 1. The second-order valence-corrected chi connectivity index (χ2v) is 8.24. The van der Waals surface area contributed by atoms with Crippen molar-refractivity contribution < 1.29 is 9.90 Å². The van der Waals surface area contributed by atoms with E-state index in [0.717, 1.165) is 12.2 Å². The highest BCUT2D eigenvalue weighted by Gasteiger charge is 2.41. The van der Waals surface area contributed by atoms with Gasteiger partial charge in [0, 0.05) is 24.8 Å². The maximum absolute atomic E-state index is 12.7. The second-order valence-electron chi connectivity index (χ2n) is 8.24. The Morgan fingerprint density at radius 1 is 1.16 bits per heavy atom. The number of hydrogen-bond donors (Lipinski definition) is 2. The first-order valence-electron chi connectivity index (χ1n) is 9.44. The normalized spacial score (nSPS) is 25.6. The van der Waals surface area contributed by atoms with Gasteiger partial charge in [-0.05, 0) is 63.9 Å². The number of rotatable bonds is 5. The van der Waals surface area contributed by atoms with Crippen molar-refractivity contribution in [1.29, 1.82) is 0 Å². The van der Waals surface area contributed by atoms with Crippen molar-refractivity contribution in [2.75, 3.05) is 24.5 Å². The van der Waals surface area contributed by atoms with Crippen molar-refractivity contribution in [1.82, 2.24) is 4.90 Å². The molecule has 0 saturated carbocycles. The van der Waals surface area contributed by atoms with E-state index in [0.29, 0.717) is 13.0 Å². The number of piperidine rings is 1. The minimum absolute atomic E-state index is 0.0263. The van der Waals surface area contributed by atoms with Crippen molar-refractivity contribution in [3.05, 3.63) is 29.8 Å². The van der Waals surface area contributed by atoms with Gasteiger partial charge in [0.1, 0.15) is 0 Å². The van der Waals surface area contributed by atoms with Crippen molar-refractivity contribution in [3.63, 3.8) is 0 Å². The summed E-state index contributed by atoms with van der Waals surface area (Å²) in [6, 6.07) is 8.05. The molecule has 2 atom stereocenters. The summed E-state index contributed by atoms with van der Waals surface area (Å²) in [4.78, 5) is 17.0. The maximum atomic E-state index is 12.7. The zero-order valence-electron chi connectivity index (χ0n) is 15.4. The number of amides is 1. The fourth-order valence-electron chi connectivity index (χ4n) is 3.98. The van der Waals surface area contributed by atoms with E-state index in [1.54, 1.807) is 18.7 Å². The van der Waals surface area contributed by atoms with E-state index < -0.39 is 5.60 Å². The van der Waals surface area contributed by atoms with Crippen molar-refractivity contribution >= 4 is 11.6 Å². The Morgan fingerprint density at radius 3 is 2.40 bits per heavy atom. The molecule has 3 rings (SSSR count). The van der Waals surface area contributed by atoms with E-state index in [-0.39, 0.29) is 17.9 Å². The lowest BCUT2D eigenvalue weighted by Gasteiger charge is -2.26. The fraction of sp³-hybridized carbons (Fsp3) is 0.650. The molecular formula is C20H31N3O2. The molecule has 3 N–H and O–H groups in total. The van der Waals surface area contributed by atoms with Gasteiger partial charge in [0.25, 0.3) is 0 Å². The molecule has 0 aromatic heterocycles. The molecule has 0 bridgehead atoms. The predicted octanol–water partition coefficient (Wildman–Crippen LogP) is 2.12. The van der Waals surface area contributed by atoms with Crippen LogP contribution in [0.4, 0.5) is 5.69 Å². The predicted molar refractivity (Wildman–Crippen MR) is 100 cm³/mol. The van der Waals surface area contributed by atoms with Crippen LogP contribution < -0.4 is 10.6 Å². The van der Waals surface area contributed by atoms with Crippen LogP contribution in [0.3, 0.4) is 0 Å². The van der Waals surface area contributed by atoms with Gasteiger partial charge in [0.15, 0.2) is 0 Å². The molecule has 2 aliphatic rings. The smallest absolute Gasteiger partial charge is 0.231 e. The largest absolute Gasteiger partial charge is 0.390 e. The molecule has 138 valence electrons. The molecule has 25 heavy (non-hydrogen) atoms. The van der Waals surface area contributed by atoms with Crippen LogP contribution in [0.5, 0.6) is 0 Å². The maximum Gasteiger partial charge on any atom is 0.231 e. The standard InChI is InChI=1S/C20H31N3O2/c1-20(2,25)12-17-18(21)14-23(19(17)24)16-8-6-15(7-9-16)13-22-10-4-3-5-11-22/h6-9,17-18,25H,3-5,10-14,21H2,1-2H3/t17?,18-/m0/s1. The van der Waals surface area contributed by atoms with Gasteiger partial charge in [-0.3, -0.25) is 9.69 Å². The summed E-state index contributed by atoms with van der Waals surface area (Å²) in [6.45, 7) is 7.32. The van der Waals surface area contributed by atoms with Crippen molar-refractivity contribution in [2.24, 2.45) is 11.7 Å². The second kappa shape index (κ2) is 7.44. The average molecular weight is 345 g/mol. The zero-order chi connectivity index (χ0) is 18.0. The van der Waals surface area contributed by atoms with Crippen LogP contribution in [0.2, 0.25) is 0 Å². The molecule has 2 fully saturated rings. The summed E-state index contributed by atoms with van der Waals surface area (Å²) in [5.41, 5.74) is 7.49. The Bertz CT molecular complexity index is 588. The molecule has 5 heteroatoms. The van der Waals surface area contributed by atoms with E-state index in [9.17, 15) is 9.90 Å². The first-order chi connectivity index (χ1) is 11.8. The molecule has 1 unspecified atom stereocenters. The van der Waals surface area contributed by atoms with Gasteiger partial charge in [0.05, 0.1) is 11.5 Å². The highest BCUT2D eigenvalue weighted by Crippen LogP contribution is 2.30. The third kappa shape index (κ3) is 4.60. The third-order valence-electron chi connectivity index (χ3n) is 5.32.